The summed E-state index contributed by atoms with van der Waals surface area (Å²) in [4.78, 5) is 37.1. The lowest BCUT2D eigenvalue weighted by Crippen LogP contribution is -2.34. The van der Waals surface area contributed by atoms with Crippen LogP contribution in [0.5, 0.6) is 0 Å². The number of carbonyl (C=O) groups excluding carboxylic acids is 1. The standard InChI is InChI=1S/C31H26N8O2/c1-19-9-5-6-12-25(19)39-28(21(3)34-30(40)26-20(2)36-38-16-8-15-32-29(26)38)35-24-11-7-10-23(27(24)31(39)41)14-13-22-17-33-37(4)18-22/h5-12,15-18,21H,1-4H3,(H,34,40)/t21-/m0/s1. The number of benzene rings is 2. The van der Waals surface area contributed by atoms with Crippen molar-refractivity contribution in [3.05, 3.63) is 117 Å². The molecule has 0 bridgehead atoms. The number of amides is 1. The van der Waals surface area contributed by atoms with Crippen LogP contribution in [0, 0.1) is 25.7 Å². The largest absolute Gasteiger partial charge is 0.342 e. The van der Waals surface area contributed by atoms with E-state index in [0.29, 0.717) is 44.9 Å². The molecule has 10 heteroatoms. The van der Waals surface area contributed by atoms with E-state index in [1.165, 1.54) is 0 Å². The number of hydrogen-bond acceptors (Lipinski definition) is 6. The normalized spacial score (nSPS) is 11.8. The molecule has 0 aliphatic heterocycles. The highest BCUT2D eigenvalue weighted by molar-refractivity contribution is 6.01. The number of aromatic nitrogens is 7. The van der Waals surface area contributed by atoms with E-state index >= 15 is 0 Å². The zero-order valence-corrected chi connectivity index (χ0v) is 23.0. The Kier molecular flexibility index (Phi) is 6.40. The van der Waals surface area contributed by atoms with E-state index in [4.69, 9.17) is 4.98 Å². The third-order valence-electron chi connectivity index (χ3n) is 6.86. The maximum absolute atomic E-state index is 14.3. The zero-order chi connectivity index (χ0) is 28.7. The first-order chi connectivity index (χ1) is 19.8. The molecule has 1 N–H and O–H groups in total. The average Bonchev–Trinajstić information content (AvgIpc) is 3.53. The van der Waals surface area contributed by atoms with Crippen LogP contribution in [-0.2, 0) is 7.05 Å². The van der Waals surface area contributed by atoms with Gasteiger partial charge in [-0.1, -0.05) is 36.1 Å². The van der Waals surface area contributed by atoms with E-state index in [1.807, 2.05) is 56.6 Å². The molecule has 1 amide bonds. The molecule has 0 spiro atoms. The van der Waals surface area contributed by atoms with Gasteiger partial charge >= 0.3 is 0 Å². The monoisotopic (exact) mass is 542 g/mol. The van der Waals surface area contributed by atoms with Gasteiger partial charge in [-0.15, -0.1) is 0 Å². The number of nitrogens with zero attached hydrogens (tertiary/aromatic N) is 7. The Morgan fingerprint density at radius 2 is 1.88 bits per heavy atom. The Labute approximate surface area is 235 Å². The Hall–Kier alpha value is -5.56. The van der Waals surface area contributed by atoms with Crippen molar-refractivity contribution in [2.45, 2.75) is 26.8 Å². The van der Waals surface area contributed by atoms with Gasteiger partial charge in [-0.25, -0.2) is 14.5 Å². The molecule has 1 atom stereocenters. The molecule has 6 aromatic rings. The molecular formula is C31H26N8O2. The number of fused-ring (bicyclic) bond motifs is 2. The third-order valence-corrected chi connectivity index (χ3v) is 6.86. The Morgan fingerprint density at radius 3 is 2.66 bits per heavy atom. The number of para-hydroxylation sites is 1. The molecule has 0 saturated heterocycles. The van der Waals surface area contributed by atoms with Gasteiger partial charge in [0.2, 0.25) is 0 Å². The molecule has 0 radical (unpaired) electrons. The highest BCUT2D eigenvalue weighted by atomic mass is 16.2. The summed E-state index contributed by atoms with van der Waals surface area (Å²) in [5.41, 5.74) is 4.44. The van der Waals surface area contributed by atoms with Gasteiger partial charge in [0.15, 0.2) is 5.65 Å². The van der Waals surface area contributed by atoms with Gasteiger partial charge < -0.3 is 5.32 Å². The highest BCUT2D eigenvalue weighted by Gasteiger charge is 2.24. The number of carbonyl (C=O) groups is 1. The molecule has 6 rings (SSSR count). The van der Waals surface area contributed by atoms with Crippen LogP contribution in [-0.4, -0.2) is 39.8 Å². The predicted octanol–water partition coefficient (Wildman–Crippen LogP) is 3.67. The molecule has 4 heterocycles. The van der Waals surface area contributed by atoms with Gasteiger partial charge in [-0.05, 0) is 50.6 Å². The minimum Gasteiger partial charge on any atom is -0.342 e. The third kappa shape index (κ3) is 4.63. The fraction of sp³-hybridized carbons (Fsp3) is 0.161. The lowest BCUT2D eigenvalue weighted by molar-refractivity contribution is 0.0938. The second-order valence-electron chi connectivity index (χ2n) is 9.79. The fourth-order valence-electron chi connectivity index (χ4n) is 4.91. The first kappa shape index (κ1) is 25.7. The average molecular weight is 543 g/mol. The molecule has 41 heavy (non-hydrogen) atoms. The van der Waals surface area contributed by atoms with Gasteiger partial charge in [0.05, 0.1) is 40.1 Å². The number of nitrogens with one attached hydrogen (secondary N) is 1. The SMILES string of the molecule is Cc1ccccc1-n1c([C@H](C)NC(=O)c2c(C)nn3cccnc23)nc2cccc(C#Cc3cnn(C)c3)c2c1=O. The lowest BCUT2D eigenvalue weighted by Gasteiger charge is -2.21. The number of hydrogen-bond donors (Lipinski definition) is 1. The van der Waals surface area contributed by atoms with Gasteiger partial charge in [0.1, 0.15) is 11.4 Å². The quantitative estimate of drug-likeness (QED) is 0.340. The highest BCUT2D eigenvalue weighted by Crippen LogP contribution is 2.23. The van der Waals surface area contributed by atoms with Crippen molar-refractivity contribution in [3.63, 3.8) is 0 Å². The topological polar surface area (TPSA) is 112 Å². The van der Waals surface area contributed by atoms with E-state index in [2.05, 4.69) is 32.3 Å². The Bertz CT molecular complexity index is 2090. The first-order valence-corrected chi connectivity index (χ1v) is 13.0. The second kappa shape index (κ2) is 10.2. The number of rotatable bonds is 4. The summed E-state index contributed by atoms with van der Waals surface area (Å²) in [5.74, 6) is 6.26. The summed E-state index contributed by atoms with van der Waals surface area (Å²) >= 11 is 0. The molecule has 0 aliphatic rings. The Balaban J connectivity index is 1.50. The smallest absolute Gasteiger partial charge is 0.267 e. The van der Waals surface area contributed by atoms with Crippen LogP contribution in [0.1, 0.15) is 51.5 Å². The molecule has 4 aromatic heterocycles. The van der Waals surface area contributed by atoms with Crippen LogP contribution >= 0.6 is 0 Å². The molecule has 0 unspecified atom stereocenters. The number of aryl methyl sites for hydroxylation is 3. The maximum atomic E-state index is 14.3. The summed E-state index contributed by atoms with van der Waals surface area (Å²) < 4.78 is 4.81. The summed E-state index contributed by atoms with van der Waals surface area (Å²) in [6, 6.07) is 14.1. The minimum absolute atomic E-state index is 0.273. The van der Waals surface area contributed by atoms with Crippen molar-refractivity contribution in [1.82, 2.24) is 39.2 Å². The van der Waals surface area contributed by atoms with Crippen molar-refractivity contribution < 1.29 is 4.79 Å². The molecule has 2 aromatic carbocycles. The van der Waals surface area contributed by atoms with E-state index in [9.17, 15) is 9.59 Å². The van der Waals surface area contributed by atoms with Gasteiger partial charge in [-0.2, -0.15) is 10.2 Å². The zero-order valence-electron chi connectivity index (χ0n) is 23.0. The molecule has 0 saturated carbocycles. The fourth-order valence-corrected chi connectivity index (χ4v) is 4.91. The van der Waals surface area contributed by atoms with Crippen molar-refractivity contribution >= 4 is 22.5 Å². The van der Waals surface area contributed by atoms with E-state index in [1.54, 1.807) is 58.3 Å². The molecule has 0 fully saturated rings. The summed E-state index contributed by atoms with van der Waals surface area (Å²) in [6.45, 7) is 5.50. The van der Waals surface area contributed by atoms with Crippen LogP contribution in [0.15, 0.2) is 78.1 Å². The molecular weight excluding hydrogens is 516 g/mol. The van der Waals surface area contributed by atoms with Gasteiger partial charge in [0.25, 0.3) is 11.5 Å². The van der Waals surface area contributed by atoms with Crippen LogP contribution in [0.25, 0.3) is 22.2 Å². The van der Waals surface area contributed by atoms with Crippen molar-refractivity contribution in [1.29, 1.82) is 0 Å². The van der Waals surface area contributed by atoms with Crippen LogP contribution in [0.2, 0.25) is 0 Å². The van der Waals surface area contributed by atoms with Crippen molar-refractivity contribution in [2.75, 3.05) is 0 Å². The predicted molar refractivity (Wildman–Crippen MR) is 155 cm³/mol. The van der Waals surface area contributed by atoms with Crippen LogP contribution in [0.4, 0.5) is 0 Å². The van der Waals surface area contributed by atoms with Gasteiger partial charge in [-0.3, -0.25) is 18.8 Å². The summed E-state index contributed by atoms with van der Waals surface area (Å²) in [7, 11) is 1.82. The second-order valence-corrected chi connectivity index (χ2v) is 9.79. The van der Waals surface area contributed by atoms with E-state index in [-0.39, 0.29) is 11.5 Å². The first-order valence-electron chi connectivity index (χ1n) is 13.0. The lowest BCUT2D eigenvalue weighted by atomic mass is 10.1. The maximum Gasteiger partial charge on any atom is 0.267 e. The molecule has 202 valence electrons. The Morgan fingerprint density at radius 1 is 1.05 bits per heavy atom. The van der Waals surface area contributed by atoms with E-state index in [0.717, 1.165) is 11.1 Å². The van der Waals surface area contributed by atoms with Crippen molar-refractivity contribution in [3.8, 4) is 17.5 Å². The summed E-state index contributed by atoms with van der Waals surface area (Å²) in [6.07, 6.45) is 6.84. The van der Waals surface area contributed by atoms with Gasteiger partial charge in [0, 0.05) is 31.2 Å². The van der Waals surface area contributed by atoms with Crippen molar-refractivity contribution in [2.24, 2.45) is 7.05 Å². The molecule has 10 nitrogen and oxygen atoms in total. The van der Waals surface area contributed by atoms with Crippen LogP contribution < -0.4 is 10.9 Å². The summed E-state index contributed by atoms with van der Waals surface area (Å²) in [5, 5.41) is 12.0. The van der Waals surface area contributed by atoms with E-state index < -0.39 is 6.04 Å². The molecule has 0 aliphatic carbocycles. The minimum atomic E-state index is -0.637. The van der Waals surface area contributed by atoms with Crippen LogP contribution in [0.3, 0.4) is 0 Å².